The van der Waals surface area contributed by atoms with E-state index in [1.54, 1.807) is 24.8 Å². The Labute approximate surface area is 98.3 Å². The van der Waals surface area contributed by atoms with Crippen LogP contribution in [0, 0.1) is 6.92 Å². The zero-order valence-electron chi connectivity index (χ0n) is 8.92. The number of hydrogen-bond donors (Lipinski definition) is 1. The van der Waals surface area contributed by atoms with Crippen molar-refractivity contribution in [2.75, 3.05) is 0 Å². The van der Waals surface area contributed by atoms with Crippen LogP contribution >= 0.6 is 11.8 Å². The van der Waals surface area contributed by atoms with Crippen molar-refractivity contribution in [1.29, 1.82) is 0 Å². The third-order valence-corrected chi connectivity index (χ3v) is 3.10. The van der Waals surface area contributed by atoms with Crippen LogP contribution in [0.4, 0.5) is 0 Å². The Morgan fingerprint density at radius 2 is 2.12 bits per heavy atom. The van der Waals surface area contributed by atoms with E-state index in [1.165, 1.54) is 11.8 Å². The van der Waals surface area contributed by atoms with E-state index < -0.39 is 0 Å². The van der Waals surface area contributed by atoms with Crippen LogP contribution in [0.1, 0.15) is 11.1 Å². The Hall–Kier alpha value is -1.46. The molecule has 0 bridgehead atoms. The van der Waals surface area contributed by atoms with Gasteiger partial charge in [0.2, 0.25) is 0 Å². The molecule has 0 unspecified atom stereocenters. The highest BCUT2D eigenvalue weighted by Gasteiger charge is 2.04. The first kappa shape index (κ1) is 11.0. The predicted molar refractivity (Wildman–Crippen MR) is 63.0 cm³/mol. The topological polar surface area (TPSA) is 64.7 Å². The fourth-order valence-corrected chi connectivity index (χ4v) is 2.03. The van der Waals surface area contributed by atoms with Gasteiger partial charge < -0.3 is 5.73 Å². The maximum absolute atomic E-state index is 5.55. The monoisotopic (exact) mass is 232 g/mol. The van der Waals surface area contributed by atoms with Gasteiger partial charge in [0.1, 0.15) is 10.1 Å². The molecule has 2 aromatic rings. The molecule has 2 rings (SSSR count). The molecule has 2 N–H and O–H groups in total. The fraction of sp³-hybridized carbons (Fsp3) is 0.182. The number of aromatic nitrogens is 3. The van der Waals surface area contributed by atoms with Crippen molar-refractivity contribution >= 4 is 11.8 Å². The van der Waals surface area contributed by atoms with E-state index in [-0.39, 0.29) is 0 Å². The van der Waals surface area contributed by atoms with Crippen LogP contribution in [0.2, 0.25) is 0 Å². The van der Waals surface area contributed by atoms with E-state index in [1.807, 2.05) is 13.0 Å². The zero-order valence-corrected chi connectivity index (χ0v) is 9.74. The lowest BCUT2D eigenvalue weighted by Gasteiger charge is -2.05. The van der Waals surface area contributed by atoms with Crippen molar-refractivity contribution in [3.8, 4) is 0 Å². The Morgan fingerprint density at radius 1 is 1.25 bits per heavy atom. The molecule has 0 aliphatic rings. The minimum absolute atomic E-state index is 0.518. The van der Waals surface area contributed by atoms with Gasteiger partial charge in [0.25, 0.3) is 0 Å². The summed E-state index contributed by atoms with van der Waals surface area (Å²) in [5, 5.41) is 1.79. The first-order chi connectivity index (χ1) is 7.79. The van der Waals surface area contributed by atoms with Gasteiger partial charge in [0.15, 0.2) is 0 Å². The summed E-state index contributed by atoms with van der Waals surface area (Å²) in [6.07, 6.45) is 6.85. The Morgan fingerprint density at radius 3 is 2.75 bits per heavy atom. The van der Waals surface area contributed by atoms with Crippen LogP contribution in [0.5, 0.6) is 0 Å². The summed E-state index contributed by atoms with van der Waals surface area (Å²) in [4.78, 5) is 12.6. The molecule has 2 aromatic heterocycles. The van der Waals surface area contributed by atoms with Gasteiger partial charge in [-0.2, -0.15) is 0 Å². The van der Waals surface area contributed by atoms with E-state index in [0.717, 1.165) is 21.2 Å². The van der Waals surface area contributed by atoms with Crippen LogP contribution in [0.3, 0.4) is 0 Å². The lowest BCUT2D eigenvalue weighted by molar-refractivity contribution is 0.981. The van der Waals surface area contributed by atoms with E-state index in [4.69, 9.17) is 5.73 Å². The molecule has 16 heavy (non-hydrogen) atoms. The van der Waals surface area contributed by atoms with Gasteiger partial charge in [-0.1, -0.05) is 6.07 Å². The third-order valence-electron chi connectivity index (χ3n) is 2.06. The van der Waals surface area contributed by atoms with Crippen molar-refractivity contribution in [3.63, 3.8) is 0 Å². The smallest absolute Gasteiger partial charge is 0.121 e. The van der Waals surface area contributed by atoms with Gasteiger partial charge >= 0.3 is 0 Å². The largest absolute Gasteiger partial charge is 0.326 e. The second kappa shape index (κ2) is 5.05. The minimum Gasteiger partial charge on any atom is -0.326 e. The average Bonchev–Trinajstić information content (AvgIpc) is 2.33. The molecule has 0 radical (unpaired) electrons. The molecule has 0 fully saturated rings. The van der Waals surface area contributed by atoms with Crippen molar-refractivity contribution < 1.29 is 0 Å². The summed E-state index contributed by atoms with van der Waals surface area (Å²) in [7, 11) is 0. The lowest BCUT2D eigenvalue weighted by atomic mass is 10.2. The molecule has 0 amide bonds. The molecule has 2 heterocycles. The van der Waals surface area contributed by atoms with Crippen LogP contribution in [-0.2, 0) is 6.54 Å². The zero-order chi connectivity index (χ0) is 11.4. The molecule has 0 spiro atoms. The number of aryl methyl sites for hydroxylation is 1. The van der Waals surface area contributed by atoms with Crippen LogP contribution < -0.4 is 5.73 Å². The second-order valence-corrected chi connectivity index (χ2v) is 4.32. The Bertz CT molecular complexity index is 473. The van der Waals surface area contributed by atoms with E-state index in [9.17, 15) is 0 Å². The fourth-order valence-electron chi connectivity index (χ4n) is 1.28. The minimum atomic E-state index is 0.518. The average molecular weight is 232 g/mol. The summed E-state index contributed by atoms with van der Waals surface area (Å²) in [6, 6.07) is 2.05. The molecule has 0 saturated carbocycles. The quantitative estimate of drug-likeness (QED) is 0.874. The Kier molecular flexibility index (Phi) is 3.48. The van der Waals surface area contributed by atoms with Crippen molar-refractivity contribution in [3.05, 3.63) is 42.0 Å². The molecular formula is C11H12N4S. The van der Waals surface area contributed by atoms with Crippen LogP contribution in [-0.4, -0.2) is 15.0 Å². The number of rotatable bonds is 3. The summed E-state index contributed by atoms with van der Waals surface area (Å²) < 4.78 is 0. The summed E-state index contributed by atoms with van der Waals surface area (Å²) >= 11 is 1.51. The van der Waals surface area contributed by atoms with Crippen molar-refractivity contribution in [1.82, 2.24) is 15.0 Å². The van der Waals surface area contributed by atoms with Gasteiger partial charge in [0.05, 0.1) is 6.20 Å². The van der Waals surface area contributed by atoms with Gasteiger partial charge in [-0.3, -0.25) is 4.98 Å². The van der Waals surface area contributed by atoms with E-state index in [0.29, 0.717) is 6.54 Å². The molecule has 0 atom stereocenters. The molecule has 82 valence electrons. The Balaban J connectivity index is 2.22. The molecule has 5 heteroatoms. The third kappa shape index (κ3) is 2.56. The van der Waals surface area contributed by atoms with E-state index >= 15 is 0 Å². The summed E-state index contributed by atoms with van der Waals surface area (Å²) in [5.74, 6) is 0. The highest BCUT2D eigenvalue weighted by atomic mass is 32.2. The second-order valence-electron chi connectivity index (χ2n) is 3.32. The maximum Gasteiger partial charge on any atom is 0.121 e. The standard InChI is InChI=1S/C11H12N4S/c1-8-4-9(5-12)6-15-11(8)16-10-7-13-2-3-14-10/h2-4,6-7H,5,12H2,1H3. The van der Waals surface area contributed by atoms with Gasteiger partial charge in [-0.25, -0.2) is 9.97 Å². The molecule has 0 aromatic carbocycles. The van der Waals surface area contributed by atoms with Gasteiger partial charge in [-0.15, -0.1) is 0 Å². The number of hydrogen-bond acceptors (Lipinski definition) is 5. The van der Waals surface area contributed by atoms with Crippen LogP contribution in [0.25, 0.3) is 0 Å². The molecule has 4 nitrogen and oxygen atoms in total. The predicted octanol–water partition coefficient (Wildman–Crippen LogP) is 1.79. The number of pyridine rings is 1. The number of nitrogens with zero attached hydrogens (tertiary/aromatic N) is 3. The van der Waals surface area contributed by atoms with E-state index in [2.05, 4.69) is 15.0 Å². The first-order valence-corrected chi connectivity index (χ1v) is 5.70. The van der Waals surface area contributed by atoms with Crippen molar-refractivity contribution in [2.24, 2.45) is 5.73 Å². The summed E-state index contributed by atoms with van der Waals surface area (Å²) in [5.41, 5.74) is 7.70. The highest BCUT2D eigenvalue weighted by Crippen LogP contribution is 2.26. The SMILES string of the molecule is Cc1cc(CN)cnc1Sc1cnccn1. The normalized spacial score (nSPS) is 10.4. The maximum atomic E-state index is 5.55. The van der Waals surface area contributed by atoms with Crippen molar-refractivity contribution in [2.45, 2.75) is 23.5 Å². The molecule has 0 saturated heterocycles. The molecule has 0 aliphatic heterocycles. The van der Waals surface area contributed by atoms with Crippen LogP contribution in [0.15, 0.2) is 40.9 Å². The van der Waals surface area contributed by atoms with Gasteiger partial charge in [-0.05, 0) is 29.8 Å². The molecular weight excluding hydrogens is 220 g/mol. The molecule has 0 aliphatic carbocycles. The lowest BCUT2D eigenvalue weighted by Crippen LogP contribution is -1.98. The first-order valence-electron chi connectivity index (χ1n) is 4.89. The van der Waals surface area contributed by atoms with Gasteiger partial charge in [0, 0.05) is 25.1 Å². The summed E-state index contributed by atoms with van der Waals surface area (Å²) in [6.45, 7) is 2.54. The highest BCUT2D eigenvalue weighted by molar-refractivity contribution is 7.99. The number of nitrogens with two attached hydrogens (primary N) is 1.